The summed E-state index contributed by atoms with van der Waals surface area (Å²) in [7, 11) is 0. The molecule has 6 heteroatoms. The molecule has 0 saturated carbocycles. The minimum Gasteiger partial charge on any atom is -0.353 e. The molecule has 25 heavy (non-hydrogen) atoms. The van der Waals surface area contributed by atoms with Gasteiger partial charge in [0.25, 0.3) is 0 Å². The Hall–Kier alpha value is -1.36. The van der Waals surface area contributed by atoms with Gasteiger partial charge in [0, 0.05) is 37.8 Å². The van der Waals surface area contributed by atoms with Gasteiger partial charge in [-0.1, -0.05) is 24.9 Å². The van der Waals surface area contributed by atoms with Crippen LogP contribution in [0.3, 0.4) is 0 Å². The number of fused-ring (bicyclic) bond motifs is 4. The lowest BCUT2D eigenvalue weighted by Gasteiger charge is -2.57. The lowest BCUT2D eigenvalue weighted by Crippen LogP contribution is -2.65. The first-order chi connectivity index (χ1) is 12.1. The van der Waals surface area contributed by atoms with Gasteiger partial charge in [-0.25, -0.2) is 9.37 Å². The molecule has 3 aliphatic heterocycles. The minimum absolute atomic E-state index is 0.289. The summed E-state index contributed by atoms with van der Waals surface area (Å²) in [5, 5.41) is 0.325. The number of halogens is 2. The smallest absolute Gasteiger partial charge is 0.223 e. The number of hydrogen-bond donors (Lipinski definition) is 0. The number of carbonyl (C=O) groups excluding carboxylic acids is 1. The van der Waals surface area contributed by atoms with E-state index in [2.05, 4.69) is 21.7 Å². The molecule has 3 fully saturated rings. The maximum absolute atomic E-state index is 14.4. The van der Waals surface area contributed by atoms with Crippen molar-refractivity contribution in [2.45, 2.75) is 57.5 Å². The normalized spacial score (nSPS) is 31.9. The molecule has 0 aliphatic carbocycles. The third-order valence-corrected chi connectivity index (χ3v) is 6.38. The van der Waals surface area contributed by atoms with E-state index in [0.717, 1.165) is 45.2 Å². The van der Waals surface area contributed by atoms with Gasteiger partial charge in [-0.3, -0.25) is 4.79 Å². The van der Waals surface area contributed by atoms with Gasteiger partial charge < -0.3 is 9.80 Å². The van der Waals surface area contributed by atoms with E-state index in [1.165, 1.54) is 12.3 Å². The summed E-state index contributed by atoms with van der Waals surface area (Å²) in [4.78, 5) is 21.2. The highest BCUT2D eigenvalue weighted by Gasteiger charge is 2.49. The number of amides is 1. The molecule has 4 nitrogen and oxygen atoms in total. The maximum Gasteiger partial charge on any atom is 0.223 e. The Balaban J connectivity index is 1.64. The molecule has 0 radical (unpaired) electrons. The second-order valence-corrected chi connectivity index (χ2v) is 8.17. The number of rotatable bonds is 3. The predicted octanol–water partition coefficient (Wildman–Crippen LogP) is 3.88. The van der Waals surface area contributed by atoms with Gasteiger partial charge in [-0.2, -0.15) is 0 Å². The van der Waals surface area contributed by atoms with Crippen LogP contribution in [0.15, 0.2) is 12.3 Å². The van der Waals surface area contributed by atoms with Gasteiger partial charge >= 0.3 is 0 Å². The Kier molecular flexibility index (Phi) is 4.61. The summed E-state index contributed by atoms with van der Waals surface area (Å²) in [5.41, 5.74) is 0. The van der Waals surface area contributed by atoms with Gasteiger partial charge in [0.05, 0.1) is 5.02 Å². The Morgan fingerprint density at radius 2 is 2.16 bits per heavy atom. The lowest BCUT2D eigenvalue weighted by atomic mass is 9.71. The van der Waals surface area contributed by atoms with Crippen molar-refractivity contribution in [1.82, 2.24) is 9.88 Å². The summed E-state index contributed by atoms with van der Waals surface area (Å²) in [6.45, 7) is 3.72. The van der Waals surface area contributed by atoms with E-state index in [9.17, 15) is 9.18 Å². The summed E-state index contributed by atoms with van der Waals surface area (Å²) in [6.07, 6.45) is 7.50. The average molecular weight is 366 g/mol. The molecular formula is C19H25ClFN3O. The summed E-state index contributed by atoms with van der Waals surface area (Å²) in [6, 6.07) is 1.94. The molecule has 0 spiro atoms. The number of pyridine rings is 1. The van der Waals surface area contributed by atoms with Crippen molar-refractivity contribution < 1.29 is 9.18 Å². The fourth-order valence-electron chi connectivity index (χ4n) is 5.26. The predicted molar refractivity (Wildman–Crippen MR) is 96.2 cm³/mol. The van der Waals surface area contributed by atoms with Crippen LogP contribution in [0.4, 0.5) is 10.2 Å². The Morgan fingerprint density at radius 3 is 2.92 bits per heavy atom. The van der Waals surface area contributed by atoms with Crippen molar-refractivity contribution in [3.05, 3.63) is 23.1 Å². The van der Waals surface area contributed by atoms with Crippen LogP contribution in [0.2, 0.25) is 5.02 Å². The van der Waals surface area contributed by atoms with E-state index in [4.69, 9.17) is 11.6 Å². The number of carbonyl (C=O) groups is 1. The third-order valence-electron chi connectivity index (χ3n) is 6.17. The van der Waals surface area contributed by atoms with Crippen LogP contribution in [-0.4, -0.2) is 41.0 Å². The molecule has 136 valence electrons. The molecule has 0 unspecified atom stereocenters. The van der Waals surface area contributed by atoms with Crippen LogP contribution in [0, 0.1) is 17.7 Å². The summed E-state index contributed by atoms with van der Waals surface area (Å²) < 4.78 is 14.4. The molecular weight excluding hydrogens is 341 g/mol. The van der Waals surface area contributed by atoms with Crippen molar-refractivity contribution in [3.63, 3.8) is 0 Å². The SMILES string of the molecule is CCC[C@H]1[C@H]2C[C@H](CN(c3ncc(Cl)cc3F)C2)[C@@H]2CCCC(=O)N21. The maximum atomic E-state index is 14.4. The summed E-state index contributed by atoms with van der Waals surface area (Å²) >= 11 is 5.86. The van der Waals surface area contributed by atoms with Crippen LogP contribution < -0.4 is 4.90 Å². The van der Waals surface area contributed by atoms with E-state index in [1.54, 1.807) is 0 Å². The van der Waals surface area contributed by atoms with Crippen molar-refractivity contribution >= 4 is 23.3 Å². The van der Waals surface area contributed by atoms with Crippen LogP contribution in [0.1, 0.15) is 45.4 Å². The molecule has 1 amide bonds. The van der Waals surface area contributed by atoms with Crippen molar-refractivity contribution in [2.24, 2.45) is 11.8 Å². The highest BCUT2D eigenvalue weighted by Crippen LogP contribution is 2.43. The molecule has 3 saturated heterocycles. The Morgan fingerprint density at radius 1 is 1.36 bits per heavy atom. The van der Waals surface area contributed by atoms with E-state index in [-0.39, 0.29) is 11.9 Å². The van der Waals surface area contributed by atoms with Crippen LogP contribution >= 0.6 is 11.6 Å². The number of aromatic nitrogens is 1. The molecule has 0 N–H and O–H groups in total. The zero-order valence-corrected chi connectivity index (χ0v) is 15.4. The molecule has 0 aromatic carbocycles. The Labute approximate surface area is 153 Å². The van der Waals surface area contributed by atoms with Gasteiger partial charge in [0.2, 0.25) is 5.91 Å². The monoisotopic (exact) mass is 365 g/mol. The number of piperidine rings is 3. The van der Waals surface area contributed by atoms with Crippen molar-refractivity contribution in [3.8, 4) is 0 Å². The minimum atomic E-state index is -0.351. The van der Waals surface area contributed by atoms with Crippen LogP contribution in [-0.2, 0) is 4.79 Å². The van der Waals surface area contributed by atoms with E-state index < -0.39 is 0 Å². The zero-order valence-electron chi connectivity index (χ0n) is 14.6. The first-order valence-electron chi connectivity index (χ1n) is 9.45. The van der Waals surface area contributed by atoms with Crippen LogP contribution in [0.5, 0.6) is 0 Å². The van der Waals surface area contributed by atoms with Gasteiger partial charge in [0.15, 0.2) is 11.6 Å². The first kappa shape index (κ1) is 17.1. The number of nitrogens with zero attached hydrogens (tertiary/aromatic N) is 3. The molecule has 3 aliphatic rings. The summed E-state index contributed by atoms with van der Waals surface area (Å²) in [5.74, 6) is 1.19. The van der Waals surface area contributed by atoms with Gasteiger partial charge in [-0.15, -0.1) is 0 Å². The Bertz CT molecular complexity index is 670. The average Bonchev–Trinajstić information content (AvgIpc) is 2.58. The molecule has 4 atom stereocenters. The second-order valence-electron chi connectivity index (χ2n) is 7.74. The first-order valence-corrected chi connectivity index (χ1v) is 9.83. The zero-order chi connectivity index (χ0) is 17.6. The molecule has 4 rings (SSSR count). The molecule has 2 bridgehead atoms. The highest BCUT2D eigenvalue weighted by atomic mass is 35.5. The third kappa shape index (κ3) is 3.01. The lowest BCUT2D eigenvalue weighted by molar-refractivity contribution is -0.149. The largest absolute Gasteiger partial charge is 0.353 e. The number of anilines is 1. The molecule has 1 aromatic rings. The molecule has 4 heterocycles. The topological polar surface area (TPSA) is 36.4 Å². The van der Waals surface area contributed by atoms with E-state index in [1.807, 2.05) is 0 Å². The fraction of sp³-hybridized carbons (Fsp3) is 0.684. The fourth-order valence-corrected chi connectivity index (χ4v) is 5.40. The standard InChI is InChI=1S/C19H25ClFN3O/c1-2-4-16-12-7-13(17-5-3-6-18(25)24(16)17)11-23(10-12)19-15(21)8-14(20)9-22-19/h8-9,12-13,16-17H,2-7,10-11H2,1H3/t12-,13+,16-,17-/m0/s1. The van der Waals surface area contributed by atoms with Crippen molar-refractivity contribution in [2.75, 3.05) is 18.0 Å². The highest BCUT2D eigenvalue weighted by molar-refractivity contribution is 6.30. The van der Waals surface area contributed by atoms with Gasteiger partial charge in [-0.05, 0) is 43.6 Å². The van der Waals surface area contributed by atoms with Gasteiger partial charge in [0.1, 0.15) is 0 Å². The van der Waals surface area contributed by atoms with Crippen molar-refractivity contribution in [1.29, 1.82) is 0 Å². The molecule has 1 aromatic heterocycles. The second kappa shape index (κ2) is 6.75. The quantitative estimate of drug-likeness (QED) is 0.815. The number of hydrogen-bond acceptors (Lipinski definition) is 3. The van der Waals surface area contributed by atoms with E-state index >= 15 is 0 Å². The van der Waals surface area contributed by atoms with Crippen LogP contribution in [0.25, 0.3) is 0 Å². The van der Waals surface area contributed by atoms with E-state index in [0.29, 0.717) is 41.0 Å².